The number of halogens is 2. The second-order valence-electron chi connectivity index (χ2n) is 24.6. The normalized spacial score (nSPS) is 14.2. The predicted molar refractivity (Wildman–Crippen MR) is 354 cm³/mol. The van der Waals surface area contributed by atoms with Crippen LogP contribution in [0.15, 0.2) is 276 Å². The fourth-order valence-corrected chi connectivity index (χ4v) is 15.4. The van der Waals surface area contributed by atoms with Crippen molar-refractivity contribution in [2.45, 2.75) is 43.9 Å². The van der Waals surface area contributed by atoms with Crippen LogP contribution in [0.3, 0.4) is 0 Å². The molecule has 426 valence electrons. The van der Waals surface area contributed by atoms with Crippen LogP contribution in [0.25, 0.3) is 78.5 Å². The molecule has 0 saturated carbocycles. The van der Waals surface area contributed by atoms with Gasteiger partial charge in [0.15, 0.2) is 11.2 Å². The second kappa shape index (κ2) is 19.5. The summed E-state index contributed by atoms with van der Waals surface area (Å²) >= 11 is 0. The molecule has 0 atom stereocenters. The van der Waals surface area contributed by atoms with Gasteiger partial charge in [0.05, 0.1) is 28.2 Å². The van der Waals surface area contributed by atoms with Gasteiger partial charge in [0, 0.05) is 44.5 Å². The molecule has 0 radical (unpaired) electrons. The number of benzene rings is 12. The molecule has 14 aromatic rings. The minimum Gasteiger partial charge on any atom is -0.435 e. The number of oxazole rings is 2. The van der Waals surface area contributed by atoms with Gasteiger partial charge in [-0.2, -0.15) is 0 Å². The first-order valence-electron chi connectivity index (χ1n) is 30.3. The zero-order chi connectivity index (χ0) is 59.9. The van der Waals surface area contributed by atoms with Gasteiger partial charge in [-0.3, -0.25) is 0 Å². The lowest BCUT2D eigenvalue weighted by Crippen LogP contribution is -2.29. The third-order valence-electron chi connectivity index (χ3n) is 19.1. The van der Waals surface area contributed by atoms with Gasteiger partial charge in [-0.05, 0) is 140 Å². The zero-order valence-corrected chi connectivity index (χ0v) is 49.3. The molecule has 3 aliphatic rings. The van der Waals surface area contributed by atoms with Crippen LogP contribution in [0.4, 0.5) is 42.9 Å². The van der Waals surface area contributed by atoms with Crippen LogP contribution in [0.2, 0.25) is 0 Å². The molecular weight excluding hydrogens is 1100 g/mol. The Hall–Kier alpha value is -11.0. The van der Waals surface area contributed by atoms with Gasteiger partial charge in [-0.15, -0.1) is 0 Å². The number of hydrogen-bond acceptors (Lipinski definition) is 6. The van der Waals surface area contributed by atoms with Crippen molar-refractivity contribution in [3.05, 3.63) is 323 Å². The number of para-hydroxylation sites is 4. The Morgan fingerprint density at radius 2 is 0.663 bits per heavy atom. The van der Waals surface area contributed by atoms with Crippen molar-refractivity contribution in [3.8, 4) is 56.3 Å². The Morgan fingerprint density at radius 3 is 1.07 bits per heavy atom. The van der Waals surface area contributed by atoms with E-state index in [-0.39, 0.29) is 0 Å². The summed E-state index contributed by atoms with van der Waals surface area (Å²) in [6.45, 7) is 9.07. The molecule has 8 heteroatoms. The highest BCUT2D eigenvalue weighted by atomic mass is 19.1. The molecule has 0 fully saturated rings. The Morgan fingerprint density at radius 1 is 0.326 bits per heavy atom. The molecule has 0 N–H and O–H groups in total. The van der Waals surface area contributed by atoms with Crippen LogP contribution in [0.5, 0.6) is 0 Å². The van der Waals surface area contributed by atoms with E-state index < -0.39 is 27.9 Å². The van der Waals surface area contributed by atoms with Gasteiger partial charge in [0.1, 0.15) is 22.7 Å². The van der Waals surface area contributed by atoms with Crippen molar-refractivity contribution in [2.24, 2.45) is 0 Å². The van der Waals surface area contributed by atoms with E-state index in [2.05, 4.69) is 173 Å². The van der Waals surface area contributed by atoms with Crippen LogP contribution in [0, 0.1) is 11.6 Å². The zero-order valence-electron chi connectivity index (χ0n) is 49.3. The van der Waals surface area contributed by atoms with Gasteiger partial charge >= 0.3 is 0 Å². The van der Waals surface area contributed by atoms with E-state index in [1.165, 1.54) is 34.4 Å². The van der Waals surface area contributed by atoms with Crippen molar-refractivity contribution in [1.29, 1.82) is 0 Å². The van der Waals surface area contributed by atoms with E-state index in [0.29, 0.717) is 56.7 Å². The summed E-state index contributed by atoms with van der Waals surface area (Å²) in [4.78, 5) is 15.4. The molecule has 2 aromatic heterocycles. The van der Waals surface area contributed by atoms with Crippen LogP contribution < -0.4 is 9.80 Å². The van der Waals surface area contributed by atoms with Crippen molar-refractivity contribution < 1.29 is 17.6 Å². The monoisotopic (exact) mass is 1150 g/mol. The minimum atomic E-state index is -1.19. The maximum atomic E-state index is 17.2. The summed E-state index contributed by atoms with van der Waals surface area (Å²) in [6.07, 6.45) is 0. The molecule has 0 aliphatic heterocycles. The van der Waals surface area contributed by atoms with Crippen molar-refractivity contribution in [3.63, 3.8) is 0 Å². The lowest BCUT2D eigenvalue weighted by Gasteiger charge is -2.35. The van der Waals surface area contributed by atoms with E-state index in [1.54, 1.807) is 12.1 Å². The first-order valence-corrected chi connectivity index (χ1v) is 30.3. The van der Waals surface area contributed by atoms with Crippen molar-refractivity contribution in [1.82, 2.24) is 9.97 Å². The molecule has 0 amide bonds. The fourth-order valence-electron chi connectivity index (χ4n) is 15.4. The average Bonchev–Trinajstić information content (AvgIpc) is 1.53. The maximum Gasteiger partial charge on any atom is 0.227 e. The van der Waals surface area contributed by atoms with Gasteiger partial charge in [-0.25, -0.2) is 18.7 Å². The first-order chi connectivity index (χ1) is 43.5. The molecule has 3 aliphatic carbocycles. The number of anilines is 6. The van der Waals surface area contributed by atoms with E-state index in [0.717, 1.165) is 78.1 Å². The highest BCUT2D eigenvalue weighted by molar-refractivity contribution is 6.15. The molecular formula is C81H56F2N4O2. The van der Waals surface area contributed by atoms with E-state index >= 15 is 8.78 Å². The SMILES string of the molecule is CC1(C)c2ccccc2-c2cccc(-c3nc4c(N(c5ccccc5)c5ccccc5F)cc5c(c4o3)-c3c(cc(N(c4ccccc4)c4ccccc4F)c4nc(-c6cccc7c6C(C)(C)c6ccccc6-7)oc34)C5(c3ccccc3)c3ccccc3)c21. The molecule has 12 aromatic carbocycles. The smallest absolute Gasteiger partial charge is 0.227 e. The third-order valence-corrected chi connectivity index (χ3v) is 19.1. The molecule has 0 bridgehead atoms. The number of aromatic nitrogens is 2. The largest absolute Gasteiger partial charge is 0.435 e. The highest BCUT2D eigenvalue weighted by Crippen LogP contribution is 2.64. The second-order valence-corrected chi connectivity index (χ2v) is 24.6. The number of hydrogen-bond donors (Lipinski definition) is 0. The van der Waals surface area contributed by atoms with E-state index in [4.69, 9.17) is 18.8 Å². The van der Waals surface area contributed by atoms with Crippen LogP contribution in [-0.2, 0) is 16.2 Å². The lowest BCUT2D eigenvalue weighted by molar-refractivity contribution is 0.607. The molecule has 2 heterocycles. The Labute approximate surface area is 514 Å². The Kier molecular flexibility index (Phi) is 11.5. The van der Waals surface area contributed by atoms with Gasteiger partial charge in [-0.1, -0.05) is 222 Å². The molecule has 0 spiro atoms. The van der Waals surface area contributed by atoms with Gasteiger partial charge in [0.2, 0.25) is 11.8 Å². The predicted octanol–water partition coefficient (Wildman–Crippen LogP) is 21.5. The Balaban J connectivity index is 1.07. The molecule has 0 saturated heterocycles. The number of nitrogens with zero attached hydrogens (tertiary/aromatic N) is 4. The third kappa shape index (κ3) is 7.47. The summed E-state index contributed by atoms with van der Waals surface area (Å²) in [6, 6.07) is 89.1. The summed E-state index contributed by atoms with van der Waals surface area (Å²) < 4.78 is 50.0. The fraction of sp³-hybridized carbons (Fsp3) is 0.0864. The molecule has 6 nitrogen and oxygen atoms in total. The highest BCUT2D eigenvalue weighted by Gasteiger charge is 2.52. The van der Waals surface area contributed by atoms with E-state index in [9.17, 15) is 0 Å². The lowest BCUT2D eigenvalue weighted by atomic mass is 9.67. The van der Waals surface area contributed by atoms with Crippen LogP contribution in [0.1, 0.15) is 72.2 Å². The average molecular weight is 1160 g/mol. The topological polar surface area (TPSA) is 58.5 Å². The quantitative estimate of drug-likeness (QED) is 0.136. The van der Waals surface area contributed by atoms with Crippen molar-refractivity contribution >= 4 is 56.3 Å². The summed E-state index contributed by atoms with van der Waals surface area (Å²) in [5, 5.41) is 0. The first kappa shape index (κ1) is 52.4. The van der Waals surface area contributed by atoms with Crippen molar-refractivity contribution in [2.75, 3.05) is 9.80 Å². The molecule has 17 rings (SSSR count). The van der Waals surface area contributed by atoms with Gasteiger partial charge in [0.25, 0.3) is 0 Å². The standard InChI is InChI=1S/C81H56F2N4O2/c1-79(2)59-41-19-17-35-53(59)55-37-25-39-57(71(55)79)77-84-73-67(86(51-31-13-7-14-32-51)65-45-23-21-43-63(65)82)47-61-69(75(73)88-77)70-62(81(61,49-27-9-5-10-28-49)50-29-11-6-12-30-50)48-68(87(52-33-15-8-16-34-52)66-46-24-22-44-64(66)83)74-76(70)89-78(85-74)58-40-26-38-56-54-36-18-20-42-60(54)80(3,4)72(56)58/h5-48H,1-4H3. The molecule has 89 heavy (non-hydrogen) atoms. The van der Waals surface area contributed by atoms with Gasteiger partial charge < -0.3 is 18.6 Å². The maximum absolute atomic E-state index is 17.2. The van der Waals surface area contributed by atoms with Crippen LogP contribution >= 0.6 is 0 Å². The summed E-state index contributed by atoms with van der Waals surface area (Å²) in [5.74, 6) is -0.00350. The minimum absolute atomic E-state index is 0.329. The summed E-state index contributed by atoms with van der Waals surface area (Å²) in [7, 11) is 0. The summed E-state index contributed by atoms with van der Waals surface area (Å²) in [5.41, 5.74) is 19.1. The van der Waals surface area contributed by atoms with Crippen LogP contribution in [-0.4, -0.2) is 9.97 Å². The molecule has 0 unspecified atom stereocenters. The van der Waals surface area contributed by atoms with E-state index in [1.807, 2.05) is 107 Å². The Bertz CT molecular complexity index is 4860. The number of fused-ring (bicyclic) bond motifs is 13. The number of rotatable bonds is 10.